The molecule has 8 heteroatoms. The monoisotopic (exact) mass is 342 g/mol. The minimum Gasteiger partial charge on any atom is -0.370 e. The van der Waals surface area contributed by atoms with E-state index in [4.69, 9.17) is 23.1 Å². The van der Waals surface area contributed by atoms with Gasteiger partial charge in [0.15, 0.2) is 5.96 Å². The van der Waals surface area contributed by atoms with E-state index >= 15 is 0 Å². The van der Waals surface area contributed by atoms with Crippen LogP contribution in [0.15, 0.2) is 17.4 Å². The third-order valence-corrected chi connectivity index (χ3v) is 1.50. The first-order valence-electron chi connectivity index (χ1n) is 3.95. The Bertz CT molecular complexity index is 327. The lowest BCUT2D eigenvalue weighted by atomic mass is 10.6. The molecular formula is C7H12ClIN6. The highest BCUT2D eigenvalue weighted by molar-refractivity contribution is 14.0. The Morgan fingerprint density at radius 1 is 1.47 bits per heavy atom. The zero-order chi connectivity index (χ0) is 10.4. The molecule has 0 bridgehead atoms. The lowest BCUT2D eigenvalue weighted by Gasteiger charge is -2.02. The molecule has 0 atom stereocenters. The average molecular weight is 343 g/mol. The van der Waals surface area contributed by atoms with Crippen molar-refractivity contribution in [2.45, 2.75) is 0 Å². The fraction of sp³-hybridized carbons (Fsp3) is 0.286. The second-order valence-electron chi connectivity index (χ2n) is 2.46. The van der Waals surface area contributed by atoms with Gasteiger partial charge in [0.25, 0.3) is 0 Å². The van der Waals surface area contributed by atoms with E-state index in [1.54, 1.807) is 6.20 Å². The zero-order valence-corrected chi connectivity index (χ0v) is 10.9. The summed E-state index contributed by atoms with van der Waals surface area (Å²) in [4.78, 5) is 11.6. The Morgan fingerprint density at radius 3 is 2.80 bits per heavy atom. The Balaban J connectivity index is 0.00000196. The summed E-state index contributed by atoms with van der Waals surface area (Å²) < 4.78 is 0. The van der Waals surface area contributed by atoms with E-state index in [0.29, 0.717) is 24.1 Å². The van der Waals surface area contributed by atoms with Crippen LogP contribution in [0.5, 0.6) is 0 Å². The molecule has 0 aliphatic rings. The number of halogens is 2. The molecule has 0 spiro atoms. The molecule has 1 aromatic rings. The minimum atomic E-state index is 0. The summed E-state index contributed by atoms with van der Waals surface area (Å²) in [6, 6.07) is 0. The Labute approximate surface area is 110 Å². The minimum absolute atomic E-state index is 0. The number of hydrogen-bond donors (Lipinski definition) is 3. The quantitative estimate of drug-likeness (QED) is 0.319. The van der Waals surface area contributed by atoms with Gasteiger partial charge in [-0.1, -0.05) is 11.6 Å². The van der Waals surface area contributed by atoms with Gasteiger partial charge in [-0.3, -0.25) is 9.98 Å². The number of nitrogens with zero attached hydrogens (tertiary/aromatic N) is 3. The normalized spacial score (nSPS) is 8.87. The third kappa shape index (κ3) is 6.28. The van der Waals surface area contributed by atoms with E-state index in [9.17, 15) is 0 Å². The van der Waals surface area contributed by atoms with E-state index in [1.165, 1.54) is 6.20 Å². The topological polar surface area (TPSA) is 102 Å². The van der Waals surface area contributed by atoms with Gasteiger partial charge in [0, 0.05) is 6.54 Å². The van der Waals surface area contributed by atoms with Crippen molar-refractivity contribution in [3.05, 3.63) is 17.5 Å². The number of hydrogen-bond acceptors (Lipinski definition) is 4. The smallest absolute Gasteiger partial charge is 0.185 e. The van der Waals surface area contributed by atoms with Crippen molar-refractivity contribution in [1.82, 2.24) is 9.97 Å². The number of anilines is 1. The average Bonchev–Trinajstić information content (AvgIpc) is 2.12. The van der Waals surface area contributed by atoms with Crippen molar-refractivity contribution in [2.24, 2.45) is 16.5 Å². The molecule has 0 aliphatic heterocycles. The first-order valence-corrected chi connectivity index (χ1v) is 4.33. The SMILES string of the molecule is I.NC(N)=NCCNc1cncc(Cl)n1. The molecule has 0 saturated carbocycles. The number of guanidine groups is 1. The first-order chi connectivity index (χ1) is 6.68. The van der Waals surface area contributed by atoms with Gasteiger partial charge in [-0.25, -0.2) is 4.98 Å². The van der Waals surface area contributed by atoms with Gasteiger partial charge in [-0.05, 0) is 0 Å². The fourth-order valence-corrected chi connectivity index (χ4v) is 0.944. The Hall–Kier alpha value is -0.830. The van der Waals surface area contributed by atoms with E-state index < -0.39 is 0 Å². The Morgan fingerprint density at radius 2 is 2.20 bits per heavy atom. The van der Waals surface area contributed by atoms with Crippen molar-refractivity contribution in [1.29, 1.82) is 0 Å². The van der Waals surface area contributed by atoms with Crippen molar-refractivity contribution in [3.63, 3.8) is 0 Å². The van der Waals surface area contributed by atoms with Crippen LogP contribution in [0.25, 0.3) is 0 Å². The van der Waals surface area contributed by atoms with E-state index in [-0.39, 0.29) is 29.9 Å². The highest BCUT2D eigenvalue weighted by Crippen LogP contribution is 2.05. The first kappa shape index (κ1) is 14.2. The summed E-state index contributed by atoms with van der Waals surface area (Å²) in [7, 11) is 0. The van der Waals surface area contributed by atoms with Gasteiger partial charge < -0.3 is 16.8 Å². The molecular weight excluding hydrogens is 330 g/mol. The number of rotatable bonds is 4. The van der Waals surface area contributed by atoms with Crippen molar-refractivity contribution in [3.8, 4) is 0 Å². The van der Waals surface area contributed by atoms with Crippen molar-refractivity contribution >= 4 is 47.4 Å². The number of aliphatic imine (C=N–C) groups is 1. The summed E-state index contributed by atoms with van der Waals surface area (Å²) in [6.07, 6.45) is 3.03. The molecule has 0 radical (unpaired) electrons. The van der Waals surface area contributed by atoms with Crippen LogP contribution in [0.4, 0.5) is 5.82 Å². The molecule has 0 saturated heterocycles. The van der Waals surface area contributed by atoms with Crippen LogP contribution in [-0.2, 0) is 0 Å². The van der Waals surface area contributed by atoms with Crippen LogP contribution in [0.2, 0.25) is 5.15 Å². The van der Waals surface area contributed by atoms with Crippen LogP contribution in [0, 0.1) is 0 Å². The molecule has 0 fully saturated rings. The zero-order valence-electron chi connectivity index (χ0n) is 7.85. The molecule has 0 aliphatic carbocycles. The standard InChI is InChI=1S/C7H11ClN6.HI/c8-5-3-11-4-6(14-5)12-1-2-13-7(9)10;/h3-4H,1-2H2,(H,12,14)(H4,9,10,13);1H. The van der Waals surface area contributed by atoms with E-state index in [1.807, 2.05) is 0 Å². The summed E-state index contributed by atoms with van der Waals surface area (Å²) in [5.74, 6) is 0.673. The van der Waals surface area contributed by atoms with Crippen molar-refractivity contribution in [2.75, 3.05) is 18.4 Å². The highest BCUT2D eigenvalue weighted by Gasteiger charge is 1.94. The highest BCUT2D eigenvalue weighted by atomic mass is 127. The predicted octanol–water partition coefficient (Wildman–Crippen LogP) is 0.433. The predicted molar refractivity (Wildman–Crippen MR) is 71.6 cm³/mol. The largest absolute Gasteiger partial charge is 0.370 e. The molecule has 84 valence electrons. The van der Waals surface area contributed by atoms with Crippen LogP contribution in [0.1, 0.15) is 0 Å². The van der Waals surface area contributed by atoms with Crippen LogP contribution in [-0.4, -0.2) is 29.0 Å². The molecule has 5 N–H and O–H groups in total. The Kier molecular flexibility index (Phi) is 7.05. The fourth-order valence-electron chi connectivity index (χ4n) is 0.796. The maximum Gasteiger partial charge on any atom is 0.185 e. The molecule has 0 amide bonds. The second kappa shape index (κ2) is 7.46. The van der Waals surface area contributed by atoms with Gasteiger partial charge in [0.1, 0.15) is 11.0 Å². The van der Waals surface area contributed by atoms with Gasteiger partial charge in [-0.15, -0.1) is 24.0 Å². The number of nitrogens with two attached hydrogens (primary N) is 2. The van der Waals surface area contributed by atoms with Gasteiger partial charge >= 0.3 is 0 Å². The lowest BCUT2D eigenvalue weighted by molar-refractivity contribution is 0.997. The summed E-state index contributed by atoms with van der Waals surface area (Å²) in [5, 5.41) is 3.31. The molecule has 15 heavy (non-hydrogen) atoms. The summed E-state index contributed by atoms with van der Waals surface area (Å²) in [6.45, 7) is 1.06. The molecule has 1 heterocycles. The molecule has 1 aromatic heterocycles. The maximum atomic E-state index is 5.63. The maximum absolute atomic E-state index is 5.63. The van der Waals surface area contributed by atoms with Crippen molar-refractivity contribution < 1.29 is 0 Å². The van der Waals surface area contributed by atoms with Crippen LogP contribution >= 0.6 is 35.6 Å². The van der Waals surface area contributed by atoms with Gasteiger partial charge in [-0.2, -0.15) is 0 Å². The molecule has 0 unspecified atom stereocenters. The van der Waals surface area contributed by atoms with Gasteiger partial charge in [0.05, 0.1) is 18.9 Å². The number of nitrogens with one attached hydrogen (secondary N) is 1. The molecule has 0 aromatic carbocycles. The van der Waals surface area contributed by atoms with Crippen LogP contribution < -0.4 is 16.8 Å². The van der Waals surface area contributed by atoms with E-state index in [0.717, 1.165) is 0 Å². The summed E-state index contributed by atoms with van der Waals surface area (Å²) >= 11 is 5.63. The number of aromatic nitrogens is 2. The second-order valence-corrected chi connectivity index (χ2v) is 2.85. The molecule has 1 rings (SSSR count). The van der Waals surface area contributed by atoms with Gasteiger partial charge in [0.2, 0.25) is 0 Å². The lowest BCUT2D eigenvalue weighted by Crippen LogP contribution is -2.24. The van der Waals surface area contributed by atoms with Crippen LogP contribution in [0.3, 0.4) is 0 Å². The van der Waals surface area contributed by atoms with E-state index in [2.05, 4.69) is 20.3 Å². The molecule has 6 nitrogen and oxygen atoms in total. The third-order valence-electron chi connectivity index (χ3n) is 1.32. The summed E-state index contributed by atoms with van der Waals surface area (Å²) in [5.41, 5.74) is 10.3.